The van der Waals surface area contributed by atoms with Gasteiger partial charge in [0.25, 0.3) is 0 Å². The second kappa shape index (κ2) is 73.8. The number of nitrogens with one attached hydrogen (secondary N) is 1. The Kier molecular flexibility index (Phi) is 72.3. The molecule has 2 atom stereocenters. The highest BCUT2D eigenvalue weighted by atomic mass is 16.5. The summed E-state index contributed by atoms with van der Waals surface area (Å²) in [4.78, 5) is 24.7. The summed E-state index contributed by atoms with van der Waals surface area (Å²) in [6, 6.07) is -0.626. The van der Waals surface area contributed by atoms with Crippen molar-refractivity contribution in [2.75, 3.05) is 13.2 Å². The summed E-state index contributed by atoms with van der Waals surface area (Å²) >= 11 is 0. The van der Waals surface area contributed by atoms with Crippen LogP contribution >= 0.6 is 0 Å². The number of amides is 1. The SMILES string of the molecule is CCCCCCCC/C=C\CCCCCCCCCCCC(=O)OCCCCCCCCCCCCCCCCCCCCCCCCCCCCCCC(=O)NC(CO)C(O)/C=C/CCCCCCCCCCCCCCCCCCCC. The van der Waals surface area contributed by atoms with E-state index in [1.807, 2.05) is 6.08 Å². The predicted octanol–water partition coefficient (Wildman–Crippen LogP) is 25.3. The number of aliphatic hydroxyl groups is 2. The maximum atomic E-state index is 12.5. The normalized spacial score (nSPS) is 12.6. The molecule has 6 heteroatoms. The van der Waals surface area contributed by atoms with Gasteiger partial charge in [-0.2, -0.15) is 0 Å². The molecule has 0 spiro atoms. The number of rotatable bonds is 73. The van der Waals surface area contributed by atoms with Crippen LogP contribution in [0.1, 0.15) is 438 Å². The molecular weight excluding hydrogens is 1030 g/mol. The van der Waals surface area contributed by atoms with Crippen molar-refractivity contribution >= 4 is 11.9 Å². The maximum absolute atomic E-state index is 12.5. The summed E-state index contributed by atoms with van der Waals surface area (Å²) in [5.74, 6) is -0.0413. The number of aliphatic hydroxyl groups excluding tert-OH is 2. The first kappa shape index (κ1) is 82.3. The van der Waals surface area contributed by atoms with Crippen LogP contribution in [0, 0.1) is 0 Å². The molecule has 0 aromatic carbocycles. The fourth-order valence-corrected chi connectivity index (χ4v) is 12.3. The van der Waals surface area contributed by atoms with Crippen molar-refractivity contribution in [1.29, 1.82) is 0 Å². The van der Waals surface area contributed by atoms with Crippen LogP contribution in [0.2, 0.25) is 0 Å². The molecule has 0 aliphatic rings. The summed E-state index contributed by atoms with van der Waals surface area (Å²) in [6.07, 6.45) is 94.3. The lowest BCUT2D eigenvalue weighted by atomic mass is 10.0. The van der Waals surface area contributed by atoms with E-state index in [1.165, 1.54) is 372 Å². The number of carbonyl (C=O) groups excluding carboxylic acids is 2. The molecule has 0 saturated heterocycles. The van der Waals surface area contributed by atoms with Crippen LogP contribution in [-0.2, 0) is 14.3 Å². The van der Waals surface area contributed by atoms with Crippen molar-refractivity contribution in [2.45, 2.75) is 450 Å². The van der Waals surface area contributed by atoms with E-state index in [0.29, 0.717) is 19.4 Å². The summed E-state index contributed by atoms with van der Waals surface area (Å²) < 4.78 is 5.52. The summed E-state index contributed by atoms with van der Waals surface area (Å²) in [6.45, 7) is 4.95. The molecule has 0 radical (unpaired) electrons. The van der Waals surface area contributed by atoms with Gasteiger partial charge in [-0.25, -0.2) is 0 Å². The van der Waals surface area contributed by atoms with Gasteiger partial charge >= 0.3 is 5.97 Å². The molecule has 0 fully saturated rings. The van der Waals surface area contributed by atoms with E-state index in [-0.39, 0.29) is 18.5 Å². The molecule has 2 unspecified atom stereocenters. The molecule has 0 saturated carbocycles. The third-order valence-corrected chi connectivity index (χ3v) is 18.2. The monoisotopic (exact) mass is 1180 g/mol. The lowest BCUT2D eigenvalue weighted by Gasteiger charge is -2.20. The molecule has 0 aliphatic carbocycles. The molecule has 0 rings (SSSR count). The maximum Gasteiger partial charge on any atom is 0.305 e. The first-order valence-electron chi connectivity index (χ1n) is 38.6. The Labute approximate surface area is 526 Å². The van der Waals surface area contributed by atoms with E-state index >= 15 is 0 Å². The topological polar surface area (TPSA) is 95.9 Å². The molecule has 84 heavy (non-hydrogen) atoms. The van der Waals surface area contributed by atoms with Crippen LogP contribution in [0.4, 0.5) is 0 Å². The van der Waals surface area contributed by atoms with Gasteiger partial charge in [0.1, 0.15) is 0 Å². The zero-order valence-corrected chi connectivity index (χ0v) is 57.2. The van der Waals surface area contributed by atoms with Crippen LogP contribution in [0.25, 0.3) is 0 Å². The lowest BCUT2D eigenvalue weighted by molar-refractivity contribution is -0.143. The number of hydrogen-bond acceptors (Lipinski definition) is 5. The zero-order valence-electron chi connectivity index (χ0n) is 57.2. The molecule has 0 aliphatic heterocycles. The standard InChI is InChI=1S/C78H151NO5/c1-3-5-7-9-11-13-15-17-19-21-23-35-38-42-46-50-54-58-62-66-70-76(81)75(74-80)79-77(82)71-67-63-59-55-51-47-43-39-36-32-30-28-26-24-25-27-29-31-33-37-41-45-49-53-57-61-65-69-73-84-78(83)72-68-64-60-56-52-48-44-40-34-22-20-18-16-14-12-10-8-6-4-2/h18,20,66,70,75-76,80-81H,3-17,19,21-65,67-69,71-74H2,1-2H3,(H,79,82)/b20-18-,70-66+. The Hall–Kier alpha value is -1.66. The molecule has 0 aromatic heterocycles. The van der Waals surface area contributed by atoms with Crippen LogP contribution in [-0.4, -0.2) is 47.4 Å². The fourth-order valence-electron chi connectivity index (χ4n) is 12.3. The predicted molar refractivity (Wildman–Crippen MR) is 370 cm³/mol. The third kappa shape index (κ3) is 69.4. The second-order valence-electron chi connectivity index (χ2n) is 26.7. The van der Waals surface area contributed by atoms with Crippen molar-refractivity contribution in [3.05, 3.63) is 24.3 Å². The van der Waals surface area contributed by atoms with Gasteiger partial charge in [0.05, 0.1) is 25.4 Å². The van der Waals surface area contributed by atoms with Crippen molar-refractivity contribution < 1.29 is 24.5 Å². The minimum atomic E-state index is -0.843. The summed E-state index contributed by atoms with van der Waals surface area (Å²) in [5, 5.41) is 23.3. The van der Waals surface area contributed by atoms with Gasteiger partial charge in [-0.1, -0.05) is 391 Å². The first-order chi connectivity index (χ1) is 41.5. The number of carbonyl (C=O) groups is 2. The van der Waals surface area contributed by atoms with Gasteiger partial charge in [-0.05, 0) is 57.8 Å². The van der Waals surface area contributed by atoms with Gasteiger partial charge in [-0.15, -0.1) is 0 Å². The van der Waals surface area contributed by atoms with E-state index in [0.717, 1.165) is 38.5 Å². The van der Waals surface area contributed by atoms with Crippen LogP contribution in [0.15, 0.2) is 24.3 Å². The first-order valence-corrected chi connectivity index (χ1v) is 38.6. The molecule has 1 amide bonds. The van der Waals surface area contributed by atoms with E-state index in [1.54, 1.807) is 6.08 Å². The quantitative estimate of drug-likeness (QED) is 0.0320. The average Bonchev–Trinajstić information content (AvgIpc) is 3.51. The largest absolute Gasteiger partial charge is 0.466 e. The molecule has 0 aromatic rings. The average molecular weight is 1180 g/mol. The number of allylic oxidation sites excluding steroid dienone is 3. The molecular formula is C78H151NO5. The second-order valence-corrected chi connectivity index (χ2v) is 26.7. The Balaban J connectivity index is 3.35. The molecule has 0 bridgehead atoms. The highest BCUT2D eigenvalue weighted by Gasteiger charge is 2.18. The van der Waals surface area contributed by atoms with Crippen molar-refractivity contribution in [1.82, 2.24) is 5.32 Å². The Morgan fingerprint density at radius 3 is 0.845 bits per heavy atom. The summed E-state index contributed by atoms with van der Waals surface area (Å²) in [5.41, 5.74) is 0. The van der Waals surface area contributed by atoms with Crippen LogP contribution in [0.3, 0.4) is 0 Å². The fraction of sp³-hybridized carbons (Fsp3) is 0.923. The highest BCUT2D eigenvalue weighted by Crippen LogP contribution is 2.20. The minimum absolute atomic E-state index is 0.0191. The Morgan fingerprint density at radius 1 is 0.321 bits per heavy atom. The Morgan fingerprint density at radius 2 is 0.560 bits per heavy atom. The van der Waals surface area contributed by atoms with E-state index in [2.05, 4.69) is 31.3 Å². The molecule has 498 valence electrons. The van der Waals surface area contributed by atoms with E-state index < -0.39 is 12.1 Å². The number of unbranched alkanes of at least 4 members (excludes halogenated alkanes) is 60. The highest BCUT2D eigenvalue weighted by molar-refractivity contribution is 5.76. The Bertz CT molecular complexity index is 1320. The van der Waals surface area contributed by atoms with E-state index in [4.69, 9.17) is 4.74 Å². The number of ether oxygens (including phenoxy) is 1. The van der Waals surface area contributed by atoms with Crippen LogP contribution < -0.4 is 5.32 Å². The van der Waals surface area contributed by atoms with E-state index in [9.17, 15) is 19.8 Å². The smallest absolute Gasteiger partial charge is 0.305 e. The van der Waals surface area contributed by atoms with Crippen LogP contribution in [0.5, 0.6) is 0 Å². The zero-order chi connectivity index (χ0) is 60.6. The van der Waals surface area contributed by atoms with Gasteiger partial charge in [0, 0.05) is 12.8 Å². The van der Waals surface area contributed by atoms with Crippen molar-refractivity contribution in [3.8, 4) is 0 Å². The lowest BCUT2D eigenvalue weighted by Crippen LogP contribution is -2.45. The van der Waals surface area contributed by atoms with Crippen molar-refractivity contribution in [2.24, 2.45) is 0 Å². The number of hydrogen-bond donors (Lipinski definition) is 3. The third-order valence-electron chi connectivity index (χ3n) is 18.2. The van der Waals surface area contributed by atoms with Gasteiger partial charge in [0.15, 0.2) is 0 Å². The van der Waals surface area contributed by atoms with Crippen molar-refractivity contribution in [3.63, 3.8) is 0 Å². The number of esters is 1. The summed E-state index contributed by atoms with van der Waals surface area (Å²) in [7, 11) is 0. The van der Waals surface area contributed by atoms with Gasteiger partial charge < -0.3 is 20.3 Å². The van der Waals surface area contributed by atoms with Gasteiger partial charge in [-0.3, -0.25) is 9.59 Å². The molecule has 3 N–H and O–H groups in total. The van der Waals surface area contributed by atoms with Gasteiger partial charge in [0.2, 0.25) is 5.91 Å². The molecule has 6 nitrogen and oxygen atoms in total. The molecule has 0 heterocycles. The minimum Gasteiger partial charge on any atom is -0.466 e.